The van der Waals surface area contributed by atoms with Crippen molar-refractivity contribution in [1.82, 2.24) is 9.97 Å². The van der Waals surface area contributed by atoms with Gasteiger partial charge in [-0.05, 0) is 20.3 Å². The molecule has 0 spiro atoms. The van der Waals surface area contributed by atoms with Gasteiger partial charge >= 0.3 is 0 Å². The second-order valence-electron chi connectivity index (χ2n) is 3.24. The van der Waals surface area contributed by atoms with E-state index in [4.69, 9.17) is 9.84 Å². The summed E-state index contributed by atoms with van der Waals surface area (Å²) in [5, 5.41) is 12.2. The highest BCUT2D eigenvalue weighted by atomic mass is 16.5. The molecule has 0 aliphatic rings. The molecule has 2 N–H and O–H groups in total. The number of hydrogen-bond acceptors (Lipinski definition) is 5. The van der Waals surface area contributed by atoms with Gasteiger partial charge in [0.05, 0.1) is 12.7 Å². The van der Waals surface area contributed by atoms with Crippen molar-refractivity contribution in [1.29, 1.82) is 0 Å². The van der Waals surface area contributed by atoms with Crippen LogP contribution in [0.15, 0.2) is 12.4 Å². The van der Waals surface area contributed by atoms with Gasteiger partial charge in [0.25, 0.3) is 0 Å². The van der Waals surface area contributed by atoms with Gasteiger partial charge < -0.3 is 15.2 Å². The molecular formula is C10H17N3O2. The molecule has 0 amide bonds. The molecule has 1 heterocycles. The first kappa shape index (κ1) is 11.7. The van der Waals surface area contributed by atoms with Crippen LogP contribution < -0.4 is 10.1 Å². The summed E-state index contributed by atoms with van der Waals surface area (Å²) in [5.74, 6) is 1.28. The summed E-state index contributed by atoms with van der Waals surface area (Å²) < 4.78 is 5.23. The molecule has 5 nitrogen and oxygen atoms in total. The molecular weight excluding hydrogens is 194 g/mol. The average molecular weight is 211 g/mol. The number of aromatic nitrogens is 2. The minimum absolute atomic E-state index is 0.300. The van der Waals surface area contributed by atoms with E-state index in [1.165, 1.54) is 6.33 Å². The van der Waals surface area contributed by atoms with Crippen LogP contribution >= 0.6 is 0 Å². The van der Waals surface area contributed by atoms with Gasteiger partial charge in [0, 0.05) is 12.6 Å². The summed E-state index contributed by atoms with van der Waals surface area (Å²) in [7, 11) is 0. The first-order chi connectivity index (χ1) is 7.22. The number of hydrogen-bond donors (Lipinski definition) is 2. The SMILES string of the molecule is CCOc1cc(NCCC(C)O)ncn1. The maximum absolute atomic E-state index is 9.07. The lowest BCUT2D eigenvalue weighted by atomic mass is 10.3. The minimum Gasteiger partial charge on any atom is -0.478 e. The molecule has 1 unspecified atom stereocenters. The first-order valence-electron chi connectivity index (χ1n) is 5.09. The molecule has 84 valence electrons. The highest BCUT2D eigenvalue weighted by Gasteiger charge is 1.99. The van der Waals surface area contributed by atoms with Crippen molar-refractivity contribution >= 4 is 5.82 Å². The lowest BCUT2D eigenvalue weighted by Crippen LogP contribution is -2.10. The van der Waals surface area contributed by atoms with Crippen molar-refractivity contribution in [2.45, 2.75) is 26.4 Å². The Morgan fingerprint density at radius 1 is 1.53 bits per heavy atom. The number of nitrogens with one attached hydrogen (secondary N) is 1. The second-order valence-corrected chi connectivity index (χ2v) is 3.24. The van der Waals surface area contributed by atoms with E-state index in [1.807, 2.05) is 6.92 Å². The second kappa shape index (κ2) is 6.19. The zero-order valence-electron chi connectivity index (χ0n) is 9.10. The summed E-state index contributed by atoms with van der Waals surface area (Å²) >= 11 is 0. The van der Waals surface area contributed by atoms with Gasteiger partial charge in [-0.3, -0.25) is 0 Å². The van der Waals surface area contributed by atoms with E-state index < -0.39 is 0 Å². The number of rotatable bonds is 6. The highest BCUT2D eigenvalue weighted by molar-refractivity contribution is 5.36. The minimum atomic E-state index is -0.300. The molecule has 1 rings (SSSR count). The van der Waals surface area contributed by atoms with Gasteiger partial charge in [0.1, 0.15) is 12.1 Å². The molecule has 1 aromatic heterocycles. The largest absolute Gasteiger partial charge is 0.478 e. The Morgan fingerprint density at radius 2 is 2.33 bits per heavy atom. The molecule has 1 aromatic rings. The molecule has 5 heteroatoms. The van der Waals surface area contributed by atoms with Crippen LogP contribution in [0.1, 0.15) is 20.3 Å². The highest BCUT2D eigenvalue weighted by Crippen LogP contribution is 2.10. The van der Waals surface area contributed by atoms with Crippen molar-refractivity contribution in [3.05, 3.63) is 12.4 Å². The van der Waals surface area contributed by atoms with Crippen LogP contribution in [0, 0.1) is 0 Å². The van der Waals surface area contributed by atoms with Gasteiger partial charge in [0.2, 0.25) is 5.88 Å². The number of nitrogens with zero attached hydrogens (tertiary/aromatic N) is 2. The van der Waals surface area contributed by atoms with E-state index in [9.17, 15) is 0 Å². The zero-order chi connectivity index (χ0) is 11.1. The molecule has 0 saturated heterocycles. The van der Waals surface area contributed by atoms with E-state index >= 15 is 0 Å². The Hall–Kier alpha value is -1.36. The average Bonchev–Trinajstić information content (AvgIpc) is 2.18. The Labute approximate surface area is 89.5 Å². The fourth-order valence-corrected chi connectivity index (χ4v) is 1.07. The van der Waals surface area contributed by atoms with Crippen molar-refractivity contribution in [3.63, 3.8) is 0 Å². The fourth-order valence-electron chi connectivity index (χ4n) is 1.07. The van der Waals surface area contributed by atoms with E-state index in [0.29, 0.717) is 31.3 Å². The van der Waals surface area contributed by atoms with E-state index in [-0.39, 0.29) is 6.10 Å². The molecule has 0 aromatic carbocycles. The third kappa shape index (κ3) is 4.60. The van der Waals surface area contributed by atoms with Gasteiger partial charge in [-0.15, -0.1) is 0 Å². The van der Waals surface area contributed by atoms with Gasteiger partial charge in [0.15, 0.2) is 0 Å². The lowest BCUT2D eigenvalue weighted by Gasteiger charge is -2.08. The predicted molar refractivity (Wildman–Crippen MR) is 58.0 cm³/mol. The summed E-state index contributed by atoms with van der Waals surface area (Å²) in [5.41, 5.74) is 0. The van der Waals surface area contributed by atoms with Crippen molar-refractivity contribution in [2.24, 2.45) is 0 Å². The van der Waals surface area contributed by atoms with Crippen LogP contribution in [0.25, 0.3) is 0 Å². The molecule has 0 saturated carbocycles. The quantitative estimate of drug-likeness (QED) is 0.736. The van der Waals surface area contributed by atoms with Gasteiger partial charge in [-0.1, -0.05) is 0 Å². The zero-order valence-corrected chi connectivity index (χ0v) is 9.10. The van der Waals surface area contributed by atoms with E-state index in [1.54, 1.807) is 13.0 Å². The summed E-state index contributed by atoms with van der Waals surface area (Å²) in [4.78, 5) is 7.98. The molecule has 0 radical (unpaired) electrons. The van der Waals surface area contributed by atoms with Crippen LogP contribution in [0.2, 0.25) is 0 Å². The van der Waals surface area contributed by atoms with Crippen molar-refractivity contribution in [2.75, 3.05) is 18.5 Å². The van der Waals surface area contributed by atoms with Crippen LogP contribution in [0.3, 0.4) is 0 Å². The fraction of sp³-hybridized carbons (Fsp3) is 0.600. The summed E-state index contributed by atoms with van der Waals surface area (Å²) in [6.07, 6.45) is 1.84. The molecule has 1 atom stereocenters. The predicted octanol–water partition coefficient (Wildman–Crippen LogP) is 1.06. The van der Waals surface area contributed by atoms with Gasteiger partial charge in [-0.25, -0.2) is 9.97 Å². The maximum Gasteiger partial charge on any atom is 0.218 e. The molecule has 0 aliphatic carbocycles. The first-order valence-corrected chi connectivity index (χ1v) is 5.09. The molecule has 0 aliphatic heterocycles. The Morgan fingerprint density at radius 3 is 3.00 bits per heavy atom. The molecule has 0 fully saturated rings. The van der Waals surface area contributed by atoms with Crippen LogP contribution in [-0.2, 0) is 0 Å². The van der Waals surface area contributed by atoms with E-state index in [2.05, 4.69) is 15.3 Å². The number of anilines is 1. The topological polar surface area (TPSA) is 67.3 Å². The van der Waals surface area contributed by atoms with E-state index in [0.717, 1.165) is 0 Å². The van der Waals surface area contributed by atoms with Crippen molar-refractivity contribution < 1.29 is 9.84 Å². The standard InChI is InChI=1S/C10H17N3O2/c1-3-15-10-6-9(12-7-13-10)11-5-4-8(2)14/h6-8,14H,3-5H2,1-2H3,(H,11,12,13). The van der Waals surface area contributed by atoms with Gasteiger partial charge in [-0.2, -0.15) is 0 Å². The smallest absolute Gasteiger partial charge is 0.218 e. The molecule has 0 bridgehead atoms. The Bertz CT molecular complexity index is 292. The number of aliphatic hydroxyl groups is 1. The van der Waals surface area contributed by atoms with Crippen LogP contribution in [0.5, 0.6) is 5.88 Å². The number of aliphatic hydroxyl groups excluding tert-OH is 1. The maximum atomic E-state index is 9.07. The molecule has 15 heavy (non-hydrogen) atoms. The van der Waals surface area contributed by atoms with Crippen LogP contribution in [0.4, 0.5) is 5.82 Å². The van der Waals surface area contributed by atoms with Crippen LogP contribution in [-0.4, -0.2) is 34.3 Å². The third-order valence-corrected chi connectivity index (χ3v) is 1.80. The Balaban J connectivity index is 2.43. The Kier molecular flexibility index (Phi) is 4.83. The third-order valence-electron chi connectivity index (χ3n) is 1.80. The monoisotopic (exact) mass is 211 g/mol. The lowest BCUT2D eigenvalue weighted by molar-refractivity contribution is 0.188. The summed E-state index contributed by atoms with van der Waals surface area (Å²) in [6, 6.07) is 1.74. The number of ether oxygens (including phenoxy) is 1. The van der Waals surface area contributed by atoms with Crippen molar-refractivity contribution in [3.8, 4) is 5.88 Å². The summed E-state index contributed by atoms with van der Waals surface area (Å²) in [6.45, 7) is 4.93. The normalized spacial score (nSPS) is 12.2.